The molecule has 2 rings (SSSR count). The Kier molecular flexibility index (Phi) is 19.1. The summed E-state index contributed by atoms with van der Waals surface area (Å²) in [6, 6.07) is 21.4. The topological polar surface area (TPSA) is 101 Å². The predicted molar refractivity (Wildman–Crippen MR) is 148 cm³/mol. The molecule has 2 aromatic rings. The van der Waals surface area contributed by atoms with Gasteiger partial charge in [-0.2, -0.15) is 0 Å². The first-order valence-electron chi connectivity index (χ1n) is 13.8. The molecule has 0 fully saturated rings. The van der Waals surface area contributed by atoms with Crippen molar-refractivity contribution in [2.45, 2.75) is 76.5 Å². The number of hydrogen-bond acceptors (Lipinski definition) is 5. The minimum atomic E-state index is 0.112. The molecular weight excluding hydrogens is 452 g/mol. The van der Waals surface area contributed by atoms with Crippen LogP contribution in [-0.4, -0.2) is 58.6 Å². The summed E-state index contributed by atoms with van der Waals surface area (Å²) in [6.45, 7) is 3.10. The van der Waals surface area contributed by atoms with Gasteiger partial charge in [-0.05, 0) is 86.2 Å². The Balaban J connectivity index is 0.000000548. The highest BCUT2D eigenvalue weighted by Crippen LogP contribution is 2.37. The molecule has 5 N–H and O–H groups in total. The second kappa shape index (κ2) is 21.3. The lowest BCUT2D eigenvalue weighted by atomic mass is 9.78. The van der Waals surface area contributed by atoms with Crippen LogP contribution in [0.5, 0.6) is 0 Å². The van der Waals surface area contributed by atoms with Crippen LogP contribution < -0.4 is 0 Å². The van der Waals surface area contributed by atoms with Crippen molar-refractivity contribution >= 4 is 0 Å². The van der Waals surface area contributed by atoms with E-state index < -0.39 is 0 Å². The number of aliphatic hydroxyl groups is 5. The molecule has 204 valence electrons. The standard InChI is InChI=1S/C24H34O2.C7H16O3/c1-2-10-20(19-26)17-24(22-13-7-4-8-14-22)18-23(15-9-16-25)21-11-5-3-6-12-21;8-4-1-2-7(6-10)3-5-9/h3-8,11-14,20,23-26H,2,9-10,15-19H2,1H3;7-10H,1-6H2. The van der Waals surface area contributed by atoms with Crippen LogP contribution in [0.3, 0.4) is 0 Å². The Bertz CT molecular complexity index is 724. The van der Waals surface area contributed by atoms with Gasteiger partial charge in [0.15, 0.2) is 0 Å². The summed E-state index contributed by atoms with van der Waals surface area (Å²) < 4.78 is 0. The molecule has 0 bridgehead atoms. The number of benzene rings is 2. The number of hydrogen-bond donors (Lipinski definition) is 5. The van der Waals surface area contributed by atoms with Gasteiger partial charge in [-0.1, -0.05) is 74.0 Å². The summed E-state index contributed by atoms with van der Waals surface area (Å²) in [5.41, 5.74) is 2.73. The third kappa shape index (κ3) is 13.5. The Hall–Kier alpha value is -1.76. The van der Waals surface area contributed by atoms with Crippen LogP contribution in [0.15, 0.2) is 60.7 Å². The minimum absolute atomic E-state index is 0.112. The molecule has 0 aliphatic heterocycles. The van der Waals surface area contributed by atoms with Crippen LogP contribution in [0.2, 0.25) is 0 Å². The van der Waals surface area contributed by atoms with Gasteiger partial charge >= 0.3 is 0 Å². The Morgan fingerprint density at radius 2 is 1.06 bits per heavy atom. The van der Waals surface area contributed by atoms with E-state index in [0.717, 1.165) is 44.9 Å². The van der Waals surface area contributed by atoms with Gasteiger partial charge < -0.3 is 25.5 Å². The van der Waals surface area contributed by atoms with Crippen molar-refractivity contribution in [1.29, 1.82) is 0 Å². The highest BCUT2D eigenvalue weighted by molar-refractivity contribution is 5.24. The van der Waals surface area contributed by atoms with E-state index in [1.165, 1.54) is 11.1 Å². The van der Waals surface area contributed by atoms with E-state index >= 15 is 0 Å². The molecule has 0 saturated heterocycles. The van der Waals surface area contributed by atoms with Crippen LogP contribution in [0.4, 0.5) is 0 Å². The van der Waals surface area contributed by atoms with Crippen molar-refractivity contribution in [3.05, 3.63) is 71.8 Å². The lowest BCUT2D eigenvalue weighted by molar-refractivity contribution is 0.166. The zero-order valence-corrected chi connectivity index (χ0v) is 22.2. The quantitative estimate of drug-likeness (QED) is 0.191. The molecule has 0 aliphatic rings. The fourth-order valence-corrected chi connectivity index (χ4v) is 4.90. The molecule has 36 heavy (non-hydrogen) atoms. The average molecular weight is 503 g/mol. The van der Waals surface area contributed by atoms with Crippen molar-refractivity contribution in [3.8, 4) is 0 Å². The third-order valence-electron chi connectivity index (χ3n) is 6.96. The van der Waals surface area contributed by atoms with Gasteiger partial charge in [0.2, 0.25) is 0 Å². The second-order valence-corrected chi connectivity index (χ2v) is 9.82. The Labute approximate surface area is 218 Å². The maximum atomic E-state index is 9.81. The largest absolute Gasteiger partial charge is 0.396 e. The fourth-order valence-electron chi connectivity index (χ4n) is 4.90. The van der Waals surface area contributed by atoms with Crippen molar-refractivity contribution in [3.63, 3.8) is 0 Å². The van der Waals surface area contributed by atoms with E-state index in [0.29, 0.717) is 30.6 Å². The van der Waals surface area contributed by atoms with Gasteiger partial charge in [-0.15, -0.1) is 0 Å². The molecule has 5 heteroatoms. The molecule has 0 spiro atoms. The van der Waals surface area contributed by atoms with Crippen LogP contribution in [-0.2, 0) is 0 Å². The maximum Gasteiger partial charge on any atom is 0.0460 e. The lowest BCUT2D eigenvalue weighted by Crippen LogP contribution is -2.15. The number of aliphatic hydroxyl groups excluding tert-OH is 5. The summed E-state index contributed by atoms with van der Waals surface area (Å²) in [5.74, 6) is 1.40. The summed E-state index contributed by atoms with van der Waals surface area (Å²) >= 11 is 0. The summed E-state index contributed by atoms with van der Waals surface area (Å²) in [4.78, 5) is 0. The van der Waals surface area contributed by atoms with Crippen LogP contribution in [0.1, 0.15) is 87.7 Å². The van der Waals surface area contributed by atoms with Crippen LogP contribution >= 0.6 is 0 Å². The molecule has 0 saturated carbocycles. The normalized spacial score (nSPS) is 14.4. The van der Waals surface area contributed by atoms with Gasteiger partial charge in [-0.3, -0.25) is 0 Å². The first-order chi connectivity index (χ1) is 17.6. The fraction of sp³-hybridized carbons (Fsp3) is 0.613. The van der Waals surface area contributed by atoms with E-state index in [1.54, 1.807) is 0 Å². The van der Waals surface area contributed by atoms with Crippen molar-refractivity contribution in [2.24, 2.45) is 11.8 Å². The van der Waals surface area contributed by atoms with Crippen molar-refractivity contribution in [1.82, 2.24) is 0 Å². The molecule has 0 radical (unpaired) electrons. The molecule has 0 heterocycles. The van der Waals surface area contributed by atoms with E-state index in [-0.39, 0.29) is 39.0 Å². The number of rotatable bonds is 18. The Morgan fingerprint density at radius 3 is 1.53 bits per heavy atom. The summed E-state index contributed by atoms with van der Waals surface area (Å²) in [6.07, 6.45) is 8.26. The van der Waals surface area contributed by atoms with Gasteiger partial charge in [0.1, 0.15) is 0 Å². The van der Waals surface area contributed by atoms with E-state index in [4.69, 9.17) is 15.3 Å². The molecule has 4 unspecified atom stereocenters. The van der Waals surface area contributed by atoms with E-state index in [9.17, 15) is 10.2 Å². The molecule has 0 amide bonds. The summed E-state index contributed by atoms with van der Waals surface area (Å²) in [7, 11) is 0. The molecule has 5 nitrogen and oxygen atoms in total. The average Bonchev–Trinajstić information content (AvgIpc) is 2.93. The van der Waals surface area contributed by atoms with Crippen molar-refractivity contribution < 1.29 is 25.5 Å². The monoisotopic (exact) mass is 502 g/mol. The zero-order valence-electron chi connectivity index (χ0n) is 22.2. The molecular formula is C31H50O5. The Morgan fingerprint density at radius 1 is 0.528 bits per heavy atom. The molecule has 4 atom stereocenters. The van der Waals surface area contributed by atoms with Gasteiger partial charge in [0.25, 0.3) is 0 Å². The highest BCUT2D eigenvalue weighted by atomic mass is 16.3. The van der Waals surface area contributed by atoms with E-state index in [2.05, 4.69) is 67.6 Å². The predicted octanol–water partition coefficient (Wildman–Crippen LogP) is 5.27. The lowest BCUT2D eigenvalue weighted by Gasteiger charge is -2.27. The van der Waals surface area contributed by atoms with Gasteiger partial charge in [0, 0.05) is 33.0 Å². The third-order valence-corrected chi connectivity index (χ3v) is 6.96. The highest BCUT2D eigenvalue weighted by Gasteiger charge is 2.22. The smallest absolute Gasteiger partial charge is 0.0460 e. The van der Waals surface area contributed by atoms with Gasteiger partial charge in [-0.25, -0.2) is 0 Å². The molecule has 0 aliphatic carbocycles. The molecule has 2 aromatic carbocycles. The first-order valence-corrected chi connectivity index (χ1v) is 13.8. The zero-order chi connectivity index (χ0) is 26.4. The minimum Gasteiger partial charge on any atom is -0.396 e. The summed E-state index contributed by atoms with van der Waals surface area (Å²) in [5, 5.41) is 44.8. The first kappa shape index (κ1) is 32.3. The SMILES string of the molecule is CCCC(CO)CC(CC(CCCO)c1ccccc1)c1ccccc1.OCCCC(CO)CCO. The molecule has 0 aromatic heterocycles. The second-order valence-electron chi connectivity index (χ2n) is 9.82. The van der Waals surface area contributed by atoms with Crippen LogP contribution in [0.25, 0.3) is 0 Å². The van der Waals surface area contributed by atoms with Gasteiger partial charge in [0.05, 0.1) is 0 Å². The maximum absolute atomic E-state index is 9.81. The van der Waals surface area contributed by atoms with Crippen LogP contribution in [0, 0.1) is 11.8 Å². The van der Waals surface area contributed by atoms with Crippen molar-refractivity contribution in [2.75, 3.05) is 33.0 Å². The van der Waals surface area contributed by atoms with E-state index in [1.807, 2.05) is 0 Å².